The molecule has 0 N–H and O–H groups in total. The normalized spacial score (nSPS) is 13.0. The molecule has 0 aliphatic carbocycles. The molecule has 0 rings (SSSR count). The Morgan fingerprint density at radius 2 is 0.688 bits per heavy atom. The summed E-state index contributed by atoms with van der Waals surface area (Å²) in [4.78, 5) is 38.0. The van der Waals surface area contributed by atoms with Crippen LogP contribution in [0.5, 0.6) is 0 Å². The van der Waals surface area contributed by atoms with Crippen molar-refractivity contribution in [3.8, 4) is 0 Å². The molecule has 6 nitrogen and oxygen atoms in total. The quantitative estimate of drug-likeness (QED) is 0.0199. The molecule has 0 heterocycles. The van der Waals surface area contributed by atoms with Crippen LogP contribution in [0.4, 0.5) is 0 Å². The number of rotatable bonds is 45. The van der Waals surface area contributed by atoms with E-state index < -0.39 is 6.10 Å². The van der Waals surface area contributed by atoms with Crippen LogP contribution >= 0.6 is 0 Å². The highest BCUT2D eigenvalue weighted by Gasteiger charge is 2.19. The Balaban J connectivity index is 4.48. The molecule has 6 heteroatoms. The van der Waals surface area contributed by atoms with Gasteiger partial charge in [0.05, 0.1) is 0 Å². The number of esters is 3. The van der Waals surface area contributed by atoms with E-state index in [2.05, 4.69) is 93.7 Å². The summed E-state index contributed by atoms with van der Waals surface area (Å²) in [6.45, 7) is 6.31. The molecule has 0 aromatic rings. The lowest BCUT2D eigenvalue weighted by molar-refractivity contribution is -0.167. The van der Waals surface area contributed by atoms with Crippen LogP contribution in [0, 0.1) is 0 Å². The third kappa shape index (κ3) is 49.1. The van der Waals surface area contributed by atoms with Gasteiger partial charge in [-0.05, 0) is 103 Å². The maximum atomic E-state index is 12.8. The summed E-state index contributed by atoms with van der Waals surface area (Å²) in [5, 5.41) is 0. The summed E-state index contributed by atoms with van der Waals surface area (Å²) < 4.78 is 16.7. The van der Waals surface area contributed by atoms with Crippen LogP contribution in [0.25, 0.3) is 0 Å². The van der Waals surface area contributed by atoms with Crippen molar-refractivity contribution in [1.29, 1.82) is 0 Å². The largest absolute Gasteiger partial charge is 0.462 e. The van der Waals surface area contributed by atoms with Crippen molar-refractivity contribution < 1.29 is 28.6 Å². The monoisotopic (exact) mass is 887 g/mol. The molecule has 362 valence electrons. The van der Waals surface area contributed by atoms with Gasteiger partial charge in [-0.2, -0.15) is 0 Å². The van der Waals surface area contributed by atoms with Crippen LogP contribution in [0.2, 0.25) is 0 Å². The number of hydrogen-bond donors (Lipinski definition) is 0. The molecule has 0 aromatic heterocycles. The highest BCUT2D eigenvalue weighted by atomic mass is 16.6. The number of ether oxygens (including phenoxy) is 3. The van der Waals surface area contributed by atoms with Crippen LogP contribution < -0.4 is 0 Å². The Kier molecular flexibility index (Phi) is 48.5. The van der Waals surface area contributed by atoms with Crippen LogP contribution in [-0.4, -0.2) is 37.2 Å². The van der Waals surface area contributed by atoms with Crippen LogP contribution in [-0.2, 0) is 28.6 Å². The van der Waals surface area contributed by atoms with Gasteiger partial charge in [0, 0.05) is 19.3 Å². The molecule has 0 saturated heterocycles. The summed E-state index contributed by atoms with van der Waals surface area (Å²) in [7, 11) is 0. The minimum atomic E-state index is -0.809. The molecule has 1 atom stereocenters. The minimum Gasteiger partial charge on any atom is -0.462 e. The molecule has 0 aliphatic rings. The predicted octanol–water partition coefficient (Wildman–Crippen LogP) is 17.1. The van der Waals surface area contributed by atoms with E-state index in [-0.39, 0.29) is 31.1 Å². The van der Waals surface area contributed by atoms with E-state index in [4.69, 9.17) is 14.2 Å². The van der Waals surface area contributed by atoms with Crippen molar-refractivity contribution in [3.05, 3.63) is 109 Å². The molecule has 1 unspecified atom stereocenters. The third-order valence-corrected chi connectivity index (χ3v) is 10.6. The van der Waals surface area contributed by atoms with Gasteiger partial charge in [0.2, 0.25) is 0 Å². The molecule has 0 aromatic carbocycles. The van der Waals surface area contributed by atoms with Crippen molar-refractivity contribution in [2.75, 3.05) is 13.2 Å². The van der Waals surface area contributed by atoms with E-state index in [1.54, 1.807) is 0 Å². The molecule has 0 bridgehead atoms. The lowest BCUT2D eigenvalue weighted by atomic mass is 10.1. The Morgan fingerprint density at radius 1 is 0.344 bits per heavy atom. The molecular formula is C58H94O6. The van der Waals surface area contributed by atoms with E-state index in [1.807, 2.05) is 36.5 Å². The van der Waals surface area contributed by atoms with Crippen molar-refractivity contribution in [2.24, 2.45) is 0 Å². The van der Waals surface area contributed by atoms with E-state index in [0.29, 0.717) is 19.3 Å². The van der Waals surface area contributed by atoms with Gasteiger partial charge in [-0.1, -0.05) is 207 Å². The molecule has 0 aliphatic heterocycles. The zero-order valence-electron chi connectivity index (χ0n) is 41.3. The minimum absolute atomic E-state index is 0.106. The van der Waals surface area contributed by atoms with Gasteiger partial charge in [-0.25, -0.2) is 0 Å². The summed E-state index contributed by atoms with van der Waals surface area (Å²) in [6.07, 6.45) is 69.3. The third-order valence-electron chi connectivity index (χ3n) is 10.6. The smallest absolute Gasteiger partial charge is 0.306 e. The van der Waals surface area contributed by atoms with E-state index in [9.17, 15) is 14.4 Å². The highest BCUT2D eigenvalue weighted by Crippen LogP contribution is 2.13. The van der Waals surface area contributed by atoms with E-state index in [1.165, 1.54) is 57.8 Å². The second kappa shape index (κ2) is 51.7. The fraction of sp³-hybridized carbons (Fsp3) is 0.638. The fourth-order valence-electron chi connectivity index (χ4n) is 6.73. The Hall–Kier alpha value is -3.93. The van der Waals surface area contributed by atoms with Gasteiger partial charge in [0.1, 0.15) is 13.2 Å². The van der Waals surface area contributed by atoms with Gasteiger partial charge in [-0.3, -0.25) is 14.4 Å². The second-order valence-electron chi connectivity index (χ2n) is 16.8. The first-order valence-electron chi connectivity index (χ1n) is 25.9. The van der Waals surface area contributed by atoms with Gasteiger partial charge in [-0.15, -0.1) is 0 Å². The number of unbranched alkanes of at least 4 members (excludes halogenated alkanes) is 19. The molecule has 0 fully saturated rings. The van der Waals surface area contributed by atoms with Gasteiger partial charge in [0.25, 0.3) is 0 Å². The van der Waals surface area contributed by atoms with Crippen molar-refractivity contribution in [3.63, 3.8) is 0 Å². The molecule has 0 radical (unpaired) electrons. The zero-order valence-corrected chi connectivity index (χ0v) is 41.3. The predicted molar refractivity (Wildman–Crippen MR) is 274 cm³/mol. The fourth-order valence-corrected chi connectivity index (χ4v) is 6.73. The van der Waals surface area contributed by atoms with Crippen molar-refractivity contribution in [1.82, 2.24) is 0 Å². The molecular weight excluding hydrogens is 793 g/mol. The lowest BCUT2D eigenvalue weighted by Gasteiger charge is -2.18. The first-order chi connectivity index (χ1) is 31.5. The SMILES string of the molecule is CC\C=C/C=C\C=C/C=C\CCCCCC(=O)OCC(COC(=O)CCCCCCCC/C=C\C/C=C\C/C=C\C/C=C\CC)OC(=O)CCCCC/C=C\CCCCCCCCC. The van der Waals surface area contributed by atoms with E-state index in [0.717, 1.165) is 122 Å². The highest BCUT2D eigenvalue weighted by molar-refractivity contribution is 5.71. The standard InChI is InChI=1S/C58H94O6/c1-4-7-10-13-16-19-22-25-27-28-29-30-31-34-36-39-42-45-48-51-57(60)63-54-55(53-62-56(59)50-47-44-41-38-35-32-24-21-18-15-12-9-6-3)64-58(61)52-49-46-43-40-37-33-26-23-20-17-14-11-8-5-2/h7,9-10,12,15-16,18-19,21,24-25,27,29-30,32-33,35,37,55H,4-6,8,11,13-14,17,20,22-23,26,28,31,34,36,38-54H2,1-3H3/b10-7-,12-9-,18-15-,19-16-,24-21-,27-25-,30-29-,35-32-,37-33-. The Bertz CT molecular complexity index is 1340. The van der Waals surface area contributed by atoms with Crippen molar-refractivity contribution >= 4 is 17.9 Å². The Labute approximate surface area is 393 Å². The van der Waals surface area contributed by atoms with Gasteiger partial charge < -0.3 is 14.2 Å². The molecule has 0 saturated carbocycles. The number of carbonyl (C=O) groups is 3. The lowest BCUT2D eigenvalue weighted by Crippen LogP contribution is -2.30. The molecule has 0 spiro atoms. The molecule has 64 heavy (non-hydrogen) atoms. The summed E-state index contributed by atoms with van der Waals surface area (Å²) in [5.74, 6) is -0.981. The van der Waals surface area contributed by atoms with Crippen LogP contribution in [0.15, 0.2) is 109 Å². The van der Waals surface area contributed by atoms with Gasteiger partial charge in [0.15, 0.2) is 6.10 Å². The first-order valence-corrected chi connectivity index (χ1v) is 25.9. The molecule has 0 amide bonds. The van der Waals surface area contributed by atoms with Crippen molar-refractivity contribution in [2.45, 2.75) is 226 Å². The summed E-state index contributed by atoms with van der Waals surface area (Å²) in [6, 6.07) is 0. The maximum Gasteiger partial charge on any atom is 0.306 e. The van der Waals surface area contributed by atoms with Crippen LogP contribution in [0.3, 0.4) is 0 Å². The average molecular weight is 887 g/mol. The van der Waals surface area contributed by atoms with Gasteiger partial charge >= 0.3 is 17.9 Å². The van der Waals surface area contributed by atoms with Crippen LogP contribution in [0.1, 0.15) is 220 Å². The topological polar surface area (TPSA) is 78.9 Å². The number of allylic oxidation sites excluding steroid dienone is 18. The maximum absolute atomic E-state index is 12.8. The number of carbonyl (C=O) groups excluding carboxylic acids is 3. The number of hydrogen-bond acceptors (Lipinski definition) is 6. The second-order valence-corrected chi connectivity index (χ2v) is 16.8. The zero-order chi connectivity index (χ0) is 46.5. The first kappa shape index (κ1) is 60.1. The summed E-state index contributed by atoms with van der Waals surface area (Å²) in [5.41, 5.74) is 0. The average Bonchev–Trinajstić information content (AvgIpc) is 3.29. The summed E-state index contributed by atoms with van der Waals surface area (Å²) >= 11 is 0. The Morgan fingerprint density at radius 3 is 1.17 bits per heavy atom. The van der Waals surface area contributed by atoms with E-state index >= 15 is 0 Å².